The molecule has 0 heterocycles. The monoisotopic (exact) mass is 275 g/mol. The van der Waals surface area contributed by atoms with Crippen LogP contribution < -0.4 is 11.1 Å². The molecule has 0 aliphatic carbocycles. The topological polar surface area (TPSA) is 105 Å². The van der Waals surface area contributed by atoms with Gasteiger partial charge in [-0.3, -0.25) is 4.79 Å². The van der Waals surface area contributed by atoms with Gasteiger partial charge in [-0.05, 0) is 40.9 Å². The molecule has 0 aromatic heterocycles. The lowest BCUT2D eigenvalue weighted by Crippen LogP contribution is -2.44. The van der Waals surface area contributed by atoms with E-state index in [4.69, 9.17) is 15.6 Å². The van der Waals surface area contributed by atoms with Gasteiger partial charge in [-0.25, -0.2) is 4.79 Å². The zero-order valence-electron chi connectivity index (χ0n) is 12.1. The average molecular weight is 275 g/mol. The highest BCUT2D eigenvalue weighted by Crippen LogP contribution is 2.08. The summed E-state index contributed by atoms with van der Waals surface area (Å²) < 4.78 is 5.12. The fraction of sp³-hybridized carbons (Fsp3) is 0.833. The maximum absolute atomic E-state index is 11.7. The van der Waals surface area contributed by atoms with E-state index in [0.717, 1.165) is 0 Å². The number of carboxylic acid groups (broad SMARTS) is 1. The van der Waals surface area contributed by atoms with E-state index in [-0.39, 0.29) is 13.0 Å². The third-order valence-electron chi connectivity index (χ3n) is 2.53. The zero-order valence-corrected chi connectivity index (χ0v) is 12.1. The SMILES string of the molecule is CN(C)CCC(CC(=O)O)NC(=O)OC(C)(C)CN. The Morgan fingerprint density at radius 2 is 2.00 bits per heavy atom. The number of aliphatic carboxylic acids is 1. The van der Waals surface area contributed by atoms with Gasteiger partial charge in [0.2, 0.25) is 0 Å². The Hall–Kier alpha value is -1.34. The van der Waals surface area contributed by atoms with Crippen LogP contribution in [0.15, 0.2) is 0 Å². The Kier molecular flexibility index (Phi) is 7.40. The van der Waals surface area contributed by atoms with Crippen LogP contribution in [0.2, 0.25) is 0 Å². The molecule has 0 aliphatic heterocycles. The van der Waals surface area contributed by atoms with Gasteiger partial charge < -0.3 is 25.8 Å². The van der Waals surface area contributed by atoms with Crippen molar-refractivity contribution in [3.8, 4) is 0 Å². The smallest absolute Gasteiger partial charge is 0.407 e. The molecule has 0 fully saturated rings. The van der Waals surface area contributed by atoms with Crippen LogP contribution in [0.3, 0.4) is 0 Å². The minimum atomic E-state index is -0.956. The maximum atomic E-state index is 11.7. The molecule has 0 saturated heterocycles. The van der Waals surface area contributed by atoms with Gasteiger partial charge in [0.1, 0.15) is 5.60 Å². The number of carbonyl (C=O) groups is 2. The van der Waals surface area contributed by atoms with Crippen molar-refractivity contribution in [3.63, 3.8) is 0 Å². The van der Waals surface area contributed by atoms with Crippen LogP contribution in [0.5, 0.6) is 0 Å². The number of hydrogen-bond acceptors (Lipinski definition) is 5. The molecule has 4 N–H and O–H groups in total. The van der Waals surface area contributed by atoms with E-state index in [0.29, 0.717) is 13.0 Å². The van der Waals surface area contributed by atoms with Gasteiger partial charge in [-0.2, -0.15) is 0 Å². The molecule has 0 rings (SSSR count). The van der Waals surface area contributed by atoms with Crippen LogP contribution in [0, 0.1) is 0 Å². The van der Waals surface area contributed by atoms with E-state index in [2.05, 4.69) is 5.32 Å². The Balaban J connectivity index is 4.37. The van der Waals surface area contributed by atoms with Gasteiger partial charge in [0.25, 0.3) is 0 Å². The first-order chi connectivity index (χ1) is 8.66. The average Bonchev–Trinajstić information content (AvgIpc) is 2.24. The molecule has 0 spiro atoms. The van der Waals surface area contributed by atoms with Crippen molar-refractivity contribution in [3.05, 3.63) is 0 Å². The summed E-state index contributed by atoms with van der Waals surface area (Å²) in [6.07, 6.45) is -0.232. The number of hydrogen-bond donors (Lipinski definition) is 3. The third-order valence-corrected chi connectivity index (χ3v) is 2.53. The zero-order chi connectivity index (χ0) is 15.1. The summed E-state index contributed by atoms with van der Waals surface area (Å²) in [6.45, 7) is 4.26. The quantitative estimate of drug-likeness (QED) is 0.586. The summed E-state index contributed by atoms with van der Waals surface area (Å²) in [5, 5.41) is 11.4. The van der Waals surface area contributed by atoms with Crippen LogP contribution in [-0.4, -0.2) is 60.9 Å². The van der Waals surface area contributed by atoms with Crippen molar-refractivity contribution in [1.29, 1.82) is 0 Å². The van der Waals surface area contributed by atoms with Gasteiger partial charge in [-0.1, -0.05) is 0 Å². The molecule has 0 bridgehead atoms. The minimum absolute atomic E-state index is 0.133. The third kappa shape index (κ3) is 9.26. The molecule has 1 atom stereocenters. The van der Waals surface area contributed by atoms with Crippen LogP contribution in [0.25, 0.3) is 0 Å². The number of rotatable bonds is 8. The summed E-state index contributed by atoms with van der Waals surface area (Å²) in [6, 6.07) is -0.457. The predicted molar refractivity (Wildman–Crippen MR) is 72.0 cm³/mol. The second-order valence-electron chi connectivity index (χ2n) is 5.38. The maximum Gasteiger partial charge on any atom is 0.407 e. The molecule has 0 aliphatic rings. The molecule has 1 amide bonds. The van der Waals surface area contributed by atoms with E-state index in [1.807, 2.05) is 19.0 Å². The summed E-state index contributed by atoms with van der Waals surface area (Å²) in [7, 11) is 3.77. The lowest BCUT2D eigenvalue weighted by Gasteiger charge is -2.25. The lowest BCUT2D eigenvalue weighted by molar-refractivity contribution is -0.137. The normalized spacial score (nSPS) is 13.2. The van der Waals surface area contributed by atoms with E-state index < -0.39 is 23.7 Å². The Labute approximate surface area is 114 Å². The van der Waals surface area contributed by atoms with Crippen LogP contribution >= 0.6 is 0 Å². The van der Waals surface area contributed by atoms with Gasteiger partial charge in [-0.15, -0.1) is 0 Å². The second kappa shape index (κ2) is 7.96. The van der Waals surface area contributed by atoms with Gasteiger partial charge in [0, 0.05) is 12.6 Å². The molecule has 7 heteroatoms. The van der Waals surface area contributed by atoms with Crippen molar-refractivity contribution in [2.75, 3.05) is 27.2 Å². The van der Waals surface area contributed by atoms with E-state index in [1.165, 1.54) is 0 Å². The summed E-state index contributed by atoms with van der Waals surface area (Å²) >= 11 is 0. The largest absolute Gasteiger partial charge is 0.481 e. The minimum Gasteiger partial charge on any atom is -0.481 e. The fourth-order valence-corrected chi connectivity index (χ4v) is 1.34. The first-order valence-electron chi connectivity index (χ1n) is 6.22. The van der Waals surface area contributed by atoms with Crippen molar-refractivity contribution >= 4 is 12.1 Å². The van der Waals surface area contributed by atoms with Crippen molar-refractivity contribution in [2.24, 2.45) is 5.73 Å². The molecular weight excluding hydrogens is 250 g/mol. The number of ether oxygens (including phenoxy) is 1. The Morgan fingerprint density at radius 1 is 1.42 bits per heavy atom. The van der Waals surface area contributed by atoms with Crippen LogP contribution in [0.1, 0.15) is 26.7 Å². The molecule has 0 aromatic rings. The highest BCUT2D eigenvalue weighted by atomic mass is 16.6. The second-order valence-corrected chi connectivity index (χ2v) is 5.38. The van der Waals surface area contributed by atoms with Crippen molar-refractivity contribution in [2.45, 2.75) is 38.3 Å². The number of nitrogens with two attached hydrogens (primary N) is 1. The van der Waals surface area contributed by atoms with Gasteiger partial charge in [0.05, 0.1) is 6.42 Å². The fourth-order valence-electron chi connectivity index (χ4n) is 1.34. The number of carboxylic acids is 1. The van der Waals surface area contributed by atoms with Gasteiger partial charge >= 0.3 is 12.1 Å². The van der Waals surface area contributed by atoms with E-state index in [1.54, 1.807) is 13.8 Å². The molecule has 0 radical (unpaired) electrons. The highest BCUT2D eigenvalue weighted by molar-refractivity contribution is 5.71. The number of amides is 1. The number of nitrogens with one attached hydrogen (secondary N) is 1. The summed E-state index contributed by atoms with van der Waals surface area (Å²) in [5.74, 6) is -0.956. The van der Waals surface area contributed by atoms with E-state index in [9.17, 15) is 9.59 Å². The van der Waals surface area contributed by atoms with E-state index >= 15 is 0 Å². The standard InChI is InChI=1S/C12H25N3O4/c1-12(2,8-13)19-11(18)14-9(7-10(16)17)5-6-15(3)4/h9H,5-8,13H2,1-4H3,(H,14,18)(H,16,17). The first kappa shape index (κ1) is 17.7. The van der Waals surface area contributed by atoms with Crippen LogP contribution in [0.4, 0.5) is 4.79 Å². The number of carbonyl (C=O) groups excluding carboxylic acids is 1. The molecule has 1 unspecified atom stereocenters. The molecule has 7 nitrogen and oxygen atoms in total. The van der Waals surface area contributed by atoms with Crippen molar-refractivity contribution < 1.29 is 19.4 Å². The van der Waals surface area contributed by atoms with Crippen LogP contribution in [-0.2, 0) is 9.53 Å². The first-order valence-corrected chi connectivity index (χ1v) is 6.22. The Bertz CT molecular complexity index is 305. The lowest BCUT2D eigenvalue weighted by atomic mass is 10.1. The highest BCUT2D eigenvalue weighted by Gasteiger charge is 2.23. The Morgan fingerprint density at radius 3 is 2.42 bits per heavy atom. The number of alkyl carbamates (subject to hydrolysis) is 1. The summed E-state index contributed by atoms with van der Waals surface area (Å²) in [5.41, 5.74) is 4.69. The van der Waals surface area contributed by atoms with Crippen molar-refractivity contribution in [1.82, 2.24) is 10.2 Å². The molecule has 112 valence electrons. The molecule has 19 heavy (non-hydrogen) atoms. The molecule has 0 aromatic carbocycles. The molecular formula is C12H25N3O4. The predicted octanol–water partition coefficient (Wildman–Crippen LogP) is 0.245. The van der Waals surface area contributed by atoms with Gasteiger partial charge in [0.15, 0.2) is 0 Å². The number of nitrogens with zero attached hydrogens (tertiary/aromatic N) is 1. The molecule has 0 saturated carbocycles. The summed E-state index contributed by atoms with van der Waals surface area (Å²) in [4.78, 5) is 24.3.